The molecule has 0 bridgehead atoms. The van der Waals surface area contributed by atoms with Gasteiger partial charge in [-0.15, -0.1) is 0 Å². The lowest BCUT2D eigenvalue weighted by Gasteiger charge is -2.09. The quantitative estimate of drug-likeness (QED) is 0.750. The van der Waals surface area contributed by atoms with E-state index in [1.165, 1.54) is 6.07 Å². The van der Waals surface area contributed by atoms with Crippen molar-refractivity contribution in [2.45, 2.75) is 19.6 Å². The molecular weight excluding hydrogens is 248 g/mol. The smallest absolute Gasteiger partial charge is 0.272 e. The number of alkyl halides is 3. The monoisotopic (exact) mass is 258 g/mol. The van der Waals surface area contributed by atoms with E-state index in [4.69, 9.17) is 0 Å². The SMILES string of the molecule is CCn1ccc(-c2ccc(F)c(C(F)(F)F)c2)n1. The van der Waals surface area contributed by atoms with Gasteiger partial charge in [0.1, 0.15) is 5.82 Å². The maximum absolute atomic E-state index is 13.1. The van der Waals surface area contributed by atoms with E-state index in [0.29, 0.717) is 12.2 Å². The molecule has 1 aromatic carbocycles. The van der Waals surface area contributed by atoms with Crippen molar-refractivity contribution in [3.05, 3.63) is 41.8 Å². The first kappa shape index (κ1) is 12.6. The molecule has 0 aliphatic carbocycles. The molecule has 6 heteroatoms. The van der Waals surface area contributed by atoms with E-state index in [0.717, 1.165) is 12.1 Å². The third kappa shape index (κ3) is 2.37. The van der Waals surface area contributed by atoms with Gasteiger partial charge < -0.3 is 0 Å². The maximum atomic E-state index is 13.1. The Hall–Kier alpha value is -1.85. The van der Waals surface area contributed by atoms with Crippen LogP contribution in [0.3, 0.4) is 0 Å². The molecule has 0 aliphatic heterocycles. The van der Waals surface area contributed by atoms with Crippen LogP contribution in [-0.2, 0) is 12.7 Å². The van der Waals surface area contributed by atoms with Crippen molar-refractivity contribution >= 4 is 0 Å². The van der Waals surface area contributed by atoms with Gasteiger partial charge in [-0.1, -0.05) is 0 Å². The number of aryl methyl sites for hydroxylation is 1. The number of rotatable bonds is 2. The highest BCUT2D eigenvalue weighted by Gasteiger charge is 2.34. The second-order valence-corrected chi connectivity index (χ2v) is 3.75. The first-order chi connectivity index (χ1) is 8.41. The molecule has 0 amide bonds. The number of nitrogens with zero attached hydrogens (tertiary/aromatic N) is 2. The molecular formula is C12H10F4N2. The van der Waals surface area contributed by atoms with Gasteiger partial charge in [-0.25, -0.2) is 4.39 Å². The molecule has 96 valence electrons. The number of hydrogen-bond acceptors (Lipinski definition) is 1. The predicted molar refractivity (Wildman–Crippen MR) is 58.3 cm³/mol. The summed E-state index contributed by atoms with van der Waals surface area (Å²) in [5.74, 6) is -1.28. The topological polar surface area (TPSA) is 17.8 Å². The summed E-state index contributed by atoms with van der Waals surface area (Å²) < 4.78 is 52.3. The van der Waals surface area contributed by atoms with Crippen LogP contribution in [0.4, 0.5) is 17.6 Å². The van der Waals surface area contributed by atoms with Gasteiger partial charge in [0.25, 0.3) is 0 Å². The summed E-state index contributed by atoms with van der Waals surface area (Å²) in [6.45, 7) is 2.48. The minimum Gasteiger partial charge on any atom is -0.272 e. The highest BCUT2D eigenvalue weighted by atomic mass is 19.4. The van der Waals surface area contributed by atoms with E-state index < -0.39 is 17.6 Å². The number of hydrogen-bond donors (Lipinski definition) is 0. The maximum Gasteiger partial charge on any atom is 0.419 e. The highest BCUT2D eigenvalue weighted by Crippen LogP contribution is 2.33. The zero-order valence-electron chi connectivity index (χ0n) is 9.50. The van der Waals surface area contributed by atoms with Gasteiger partial charge in [-0.3, -0.25) is 4.68 Å². The molecule has 0 saturated heterocycles. The Labute approximate surface area is 101 Å². The lowest BCUT2D eigenvalue weighted by molar-refractivity contribution is -0.139. The zero-order valence-corrected chi connectivity index (χ0v) is 9.50. The van der Waals surface area contributed by atoms with Crippen LogP contribution in [0.1, 0.15) is 12.5 Å². The van der Waals surface area contributed by atoms with Crippen LogP contribution in [0.25, 0.3) is 11.3 Å². The molecule has 2 rings (SSSR count). The minimum atomic E-state index is -4.70. The van der Waals surface area contributed by atoms with Gasteiger partial charge in [0, 0.05) is 18.3 Å². The molecule has 0 saturated carbocycles. The molecule has 0 atom stereocenters. The van der Waals surface area contributed by atoms with Crippen LogP contribution in [-0.4, -0.2) is 9.78 Å². The first-order valence-corrected chi connectivity index (χ1v) is 5.32. The molecule has 0 unspecified atom stereocenters. The Balaban J connectivity index is 2.47. The third-order valence-corrected chi connectivity index (χ3v) is 2.53. The molecule has 2 nitrogen and oxygen atoms in total. The van der Waals surface area contributed by atoms with Gasteiger partial charge in [0.15, 0.2) is 0 Å². The van der Waals surface area contributed by atoms with Crippen molar-refractivity contribution in [1.82, 2.24) is 9.78 Å². The standard InChI is InChI=1S/C12H10F4N2/c1-2-18-6-5-11(17-18)8-3-4-10(13)9(7-8)12(14,15)16/h3-7H,2H2,1H3. The second kappa shape index (κ2) is 4.44. The predicted octanol–water partition coefficient (Wildman–Crippen LogP) is 3.73. The summed E-state index contributed by atoms with van der Waals surface area (Å²) in [5.41, 5.74) is -0.635. The molecule has 2 aromatic rings. The second-order valence-electron chi connectivity index (χ2n) is 3.75. The van der Waals surface area contributed by atoms with Gasteiger partial charge in [-0.2, -0.15) is 18.3 Å². The van der Waals surface area contributed by atoms with Crippen molar-refractivity contribution in [1.29, 1.82) is 0 Å². The summed E-state index contributed by atoms with van der Waals surface area (Å²) >= 11 is 0. The van der Waals surface area contributed by atoms with Crippen molar-refractivity contribution in [2.75, 3.05) is 0 Å². The van der Waals surface area contributed by atoms with Crippen LogP contribution < -0.4 is 0 Å². The van der Waals surface area contributed by atoms with Crippen molar-refractivity contribution < 1.29 is 17.6 Å². The highest BCUT2D eigenvalue weighted by molar-refractivity contribution is 5.60. The largest absolute Gasteiger partial charge is 0.419 e. The Kier molecular flexibility index (Phi) is 3.11. The van der Waals surface area contributed by atoms with Crippen LogP contribution >= 0.6 is 0 Å². The molecule has 0 fully saturated rings. The van der Waals surface area contributed by atoms with Crippen LogP contribution in [0.5, 0.6) is 0 Å². The Bertz CT molecular complexity index is 557. The van der Waals surface area contributed by atoms with E-state index in [1.54, 1.807) is 16.9 Å². The fourth-order valence-corrected chi connectivity index (χ4v) is 1.59. The van der Waals surface area contributed by atoms with Crippen molar-refractivity contribution in [3.8, 4) is 11.3 Å². The number of halogens is 4. The Morgan fingerprint density at radius 3 is 2.50 bits per heavy atom. The Morgan fingerprint density at radius 1 is 1.22 bits per heavy atom. The molecule has 0 radical (unpaired) electrons. The van der Waals surface area contributed by atoms with Crippen molar-refractivity contribution in [3.63, 3.8) is 0 Å². The van der Waals surface area contributed by atoms with Crippen molar-refractivity contribution in [2.24, 2.45) is 0 Å². The van der Waals surface area contributed by atoms with E-state index in [1.807, 2.05) is 6.92 Å². The van der Waals surface area contributed by atoms with Crippen LogP contribution in [0, 0.1) is 5.82 Å². The number of benzene rings is 1. The van der Waals surface area contributed by atoms with E-state index >= 15 is 0 Å². The molecule has 1 aromatic heterocycles. The van der Waals surface area contributed by atoms with Crippen LogP contribution in [0.2, 0.25) is 0 Å². The average Bonchev–Trinajstić information content (AvgIpc) is 2.76. The molecule has 0 aliphatic rings. The fraction of sp³-hybridized carbons (Fsp3) is 0.250. The zero-order chi connectivity index (χ0) is 13.3. The summed E-state index contributed by atoms with van der Waals surface area (Å²) in [4.78, 5) is 0. The van der Waals surface area contributed by atoms with Gasteiger partial charge >= 0.3 is 6.18 Å². The normalized spacial score (nSPS) is 11.8. The first-order valence-electron chi connectivity index (χ1n) is 5.32. The minimum absolute atomic E-state index is 0.246. The van der Waals surface area contributed by atoms with Gasteiger partial charge in [-0.05, 0) is 31.2 Å². The third-order valence-electron chi connectivity index (χ3n) is 2.53. The van der Waals surface area contributed by atoms with E-state index in [9.17, 15) is 17.6 Å². The van der Waals surface area contributed by atoms with Gasteiger partial charge in [0.05, 0.1) is 11.3 Å². The molecule has 18 heavy (non-hydrogen) atoms. The number of aromatic nitrogens is 2. The average molecular weight is 258 g/mol. The van der Waals surface area contributed by atoms with E-state index in [-0.39, 0.29) is 5.56 Å². The summed E-state index contributed by atoms with van der Waals surface area (Å²) in [5, 5.41) is 4.08. The van der Waals surface area contributed by atoms with E-state index in [2.05, 4.69) is 5.10 Å². The van der Waals surface area contributed by atoms with Crippen LogP contribution in [0.15, 0.2) is 30.5 Å². The molecule has 0 spiro atoms. The fourth-order valence-electron chi connectivity index (χ4n) is 1.59. The summed E-state index contributed by atoms with van der Waals surface area (Å²) in [7, 11) is 0. The summed E-state index contributed by atoms with van der Waals surface area (Å²) in [6.07, 6.45) is -3.04. The molecule has 0 N–H and O–H groups in total. The Morgan fingerprint density at radius 2 is 1.94 bits per heavy atom. The lowest BCUT2D eigenvalue weighted by Crippen LogP contribution is -2.08. The lowest BCUT2D eigenvalue weighted by atomic mass is 10.1. The van der Waals surface area contributed by atoms with Gasteiger partial charge in [0.2, 0.25) is 0 Å². The molecule has 1 heterocycles. The summed E-state index contributed by atoms with van der Waals surface area (Å²) in [6, 6.07) is 4.46.